The van der Waals surface area contributed by atoms with Crippen LogP contribution in [0.25, 0.3) is 22.3 Å². The Morgan fingerprint density at radius 3 is 2.53 bits per heavy atom. The molecule has 0 unspecified atom stereocenters. The number of aromatic nitrogens is 4. The lowest BCUT2D eigenvalue weighted by Crippen LogP contribution is -2.33. The molecule has 0 spiro atoms. The topological polar surface area (TPSA) is 108 Å². The Morgan fingerprint density at radius 2 is 1.82 bits per heavy atom. The molecule has 5 rings (SSSR count). The van der Waals surface area contributed by atoms with Crippen molar-refractivity contribution in [3.63, 3.8) is 0 Å². The lowest BCUT2D eigenvalue weighted by molar-refractivity contribution is 0.0948. The van der Waals surface area contributed by atoms with E-state index in [1.807, 2.05) is 19.3 Å². The molecule has 4 aromatic rings. The molecule has 10 heteroatoms. The summed E-state index contributed by atoms with van der Waals surface area (Å²) in [6.45, 7) is 7.66. The molecule has 0 aliphatic carbocycles. The van der Waals surface area contributed by atoms with Crippen LogP contribution >= 0.6 is 0 Å². The zero-order valence-corrected chi connectivity index (χ0v) is 22.1. The van der Waals surface area contributed by atoms with Crippen LogP contribution < -0.4 is 10.6 Å². The first-order chi connectivity index (χ1) is 18.4. The second-order valence-electron chi connectivity index (χ2n) is 9.41. The molecule has 0 atom stereocenters. The van der Waals surface area contributed by atoms with Crippen molar-refractivity contribution in [1.82, 2.24) is 30.0 Å². The third-order valence-electron chi connectivity index (χ3n) is 6.14. The second-order valence-corrected chi connectivity index (χ2v) is 9.41. The van der Waals surface area contributed by atoms with Crippen molar-refractivity contribution in [2.24, 2.45) is 7.05 Å². The fourth-order valence-corrected chi connectivity index (χ4v) is 4.25. The van der Waals surface area contributed by atoms with E-state index in [0.29, 0.717) is 12.2 Å². The van der Waals surface area contributed by atoms with Crippen molar-refractivity contribution in [3.05, 3.63) is 65.9 Å². The number of amides is 2. The van der Waals surface area contributed by atoms with Crippen LogP contribution in [0.1, 0.15) is 53.8 Å². The molecule has 4 heterocycles. The van der Waals surface area contributed by atoms with Gasteiger partial charge in [0.05, 0.1) is 23.1 Å². The number of H-pyrrole nitrogens is 1. The summed E-state index contributed by atoms with van der Waals surface area (Å²) in [7, 11) is 1.83. The molecular formula is C28H34FN7O2. The third kappa shape index (κ3) is 6.63. The highest BCUT2D eigenvalue weighted by Crippen LogP contribution is 2.24. The van der Waals surface area contributed by atoms with Crippen molar-refractivity contribution in [1.29, 1.82) is 0 Å². The number of carbonyl (C=O) groups excluding carboxylic acids is 2. The Labute approximate surface area is 221 Å². The molecule has 0 radical (unpaired) electrons. The fraction of sp³-hybridized carbons (Fsp3) is 0.357. The molecule has 1 aromatic carbocycles. The van der Waals surface area contributed by atoms with Crippen molar-refractivity contribution in [2.45, 2.75) is 33.1 Å². The number of benzene rings is 1. The van der Waals surface area contributed by atoms with E-state index in [9.17, 15) is 14.0 Å². The van der Waals surface area contributed by atoms with Crippen LogP contribution in [0.3, 0.4) is 0 Å². The summed E-state index contributed by atoms with van der Waals surface area (Å²) in [4.78, 5) is 35.2. The zero-order chi connectivity index (χ0) is 27.1. The largest absolute Gasteiger partial charge is 0.351 e. The number of likely N-dealkylation sites (tertiary alicyclic amines) is 1. The number of pyridine rings is 1. The summed E-state index contributed by atoms with van der Waals surface area (Å²) in [5, 5.41) is 10.3. The number of hydrogen-bond acceptors (Lipinski definition) is 5. The zero-order valence-electron chi connectivity index (χ0n) is 22.1. The minimum atomic E-state index is -0.624. The van der Waals surface area contributed by atoms with Gasteiger partial charge in [-0.25, -0.2) is 9.37 Å². The monoisotopic (exact) mass is 519 g/mol. The molecule has 1 aliphatic heterocycles. The maximum atomic E-state index is 14.4. The summed E-state index contributed by atoms with van der Waals surface area (Å²) in [5.74, 6) is -1.45. The highest BCUT2D eigenvalue weighted by Gasteiger charge is 2.16. The minimum absolute atomic E-state index is 0.0626. The van der Waals surface area contributed by atoms with Crippen LogP contribution in [-0.2, 0) is 7.05 Å². The number of hydrogen-bond donors (Lipinski definition) is 3. The number of carbonyl (C=O) groups is 2. The maximum Gasteiger partial charge on any atom is 0.257 e. The first-order valence-electron chi connectivity index (χ1n) is 13.0. The number of fused-ring (bicyclic) bond motifs is 1. The van der Waals surface area contributed by atoms with Crippen LogP contribution in [-0.4, -0.2) is 62.6 Å². The van der Waals surface area contributed by atoms with Gasteiger partial charge < -0.3 is 20.5 Å². The van der Waals surface area contributed by atoms with Crippen molar-refractivity contribution >= 4 is 28.5 Å². The van der Waals surface area contributed by atoms with Gasteiger partial charge in [0.1, 0.15) is 11.5 Å². The van der Waals surface area contributed by atoms with Crippen molar-refractivity contribution in [3.8, 4) is 11.3 Å². The molecule has 0 bridgehead atoms. The lowest BCUT2D eigenvalue weighted by atomic mass is 10.1. The van der Waals surface area contributed by atoms with Crippen LogP contribution in [0.2, 0.25) is 0 Å². The van der Waals surface area contributed by atoms with E-state index in [2.05, 4.69) is 44.4 Å². The number of nitrogens with one attached hydrogen (secondary N) is 3. The Hall–Kier alpha value is -4.05. The molecular weight excluding hydrogens is 485 g/mol. The van der Waals surface area contributed by atoms with Crippen LogP contribution in [0, 0.1) is 5.82 Å². The summed E-state index contributed by atoms with van der Waals surface area (Å²) in [6.07, 6.45) is 8.65. The molecule has 2 amide bonds. The van der Waals surface area contributed by atoms with E-state index < -0.39 is 11.7 Å². The molecule has 3 aromatic heterocycles. The Balaban J connectivity index is 0.00000107. The van der Waals surface area contributed by atoms with Crippen LogP contribution in [0.5, 0.6) is 0 Å². The second kappa shape index (κ2) is 12.5. The van der Waals surface area contributed by atoms with E-state index in [-0.39, 0.29) is 22.7 Å². The van der Waals surface area contributed by atoms with Gasteiger partial charge in [-0.05, 0) is 56.3 Å². The number of anilines is 1. The van der Waals surface area contributed by atoms with E-state index in [1.54, 1.807) is 16.9 Å². The number of nitrogens with zero attached hydrogens (tertiary/aromatic N) is 4. The number of rotatable bonds is 7. The van der Waals surface area contributed by atoms with Crippen LogP contribution in [0.15, 0.2) is 48.9 Å². The Morgan fingerprint density at radius 1 is 1.05 bits per heavy atom. The smallest absolute Gasteiger partial charge is 0.257 e. The molecule has 1 aliphatic rings. The number of aryl methyl sites for hydroxylation is 1. The summed E-state index contributed by atoms with van der Waals surface area (Å²) >= 11 is 0. The van der Waals surface area contributed by atoms with Gasteiger partial charge in [0.2, 0.25) is 0 Å². The minimum Gasteiger partial charge on any atom is -0.351 e. The number of aromatic amines is 1. The van der Waals surface area contributed by atoms with Gasteiger partial charge in [-0.2, -0.15) is 5.10 Å². The van der Waals surface area contributed by atoms with Crippen molar-refractivity contribution in [2.75, 3.05) is 31.5 Å². The average Bonchev–Trinajstić information content (AvgIpc) is 3.66. The van der Waals surface area contributed by atoms with Gasteiger partial charge in [-0.15, -0.1) is 0 Å². The van der Waals surface area contributed by atoms with Crippen LogP contribution in [0.4, 0.5) is 10.1 Å². The third-order valence-corrected chi connectivity index (χ3v) is 6.14. The molecule has 38 heavy (non-hydrogen) atoms. The normalized spacial score (nSPS) is 13.3. The van der Waals surface area contributed by atoms with E-state index >= 15 is 0 Å². The van der Waals surface area contributed by atoms with Gasteiger partial charge in [0, 0.05) is 49.0 Å². The Bertz CT molecular complexity index is 1410. The van der Waals surface area contributed by atoms with Gasteiger partial charge in [0.15, 0.2) is 0 Å². The lowest BCUT2D eigenvalue weighted by Gasteiger charge is -2.15. The molecule has 1 fully saturated rings. The van der Waals surface area contributed by atoms with Gasteiger partial charge in [-0.3, -0.25) is 14.3 Å². The molecule has 3 N–H and O–H groups in total. The molecule has 1 saturated heterocycles. The summed E-state index contributed by atoms with van der Waals surface area (Å²) in [6, 6.07) is 7.49. The molecule has 200 valence electrons. The first-order valence-corrected chi connectivity index (χ1v) is 13.0. The summed E-state index contributed by atoms with van der Waals surface area (Å²) < 4.78 is 16.1. The van der Waals surface area contributed by atoms with E-state index in [0.717, 1.165) is 36.3 Å². The first kappa shape index (κ1) is 27.0. The maximum absolute atomic E-state index is 14.4. The highest BCUT2D eigenvalue weighted by atomic mass is 19.1. The Kier molecular flexibility index (Phi) is 8.85. The standard InChI is InChI=1S/C25H26FN7O2.C3H8/c1-32-15-19(14-29-32)21-12-17-10-18(13-28-23(17)30-21)25(35)31-22-11-16(4-5-20(22)26)24(34)27-6-9-33-7-2-3-8-33;1-3-2/h4-5,10-15H,2-3,6-9H2,1H3,(H,27,34)(H,28,30)(H,31,35);3H2,1-2H3. The van der Waals surface area contributed by atoms with E-state index in [4.69, 9.17) is 0 Å². The van der Waals surface area contributed by atoms with Gasteiger partial charge in [-0.1, -0.05) is 20.3 Å². The van der Waals surface area contributed by atoms with Gasteiger partial charge >= 0.3 is 0 Å². The van der Waals surface area contributed by atoms with Crippen molar-refractivity contribution < 1.29 is 14.0 Å². The average molecular weight is 520 g/mol. The predicted octanol–water partition coefficient (Wildman–Crippen LogP) is 4.60. The summed E-state index contributed by atoms with van der Waals surface area (Å²) in [5.41, 5.74) is 2.84. The molecule has 0 saturated carbocycles. The fourth-order valence-electron chi connectivity index (χ4n) is 4.25. The predicted molar refractivity (Wildman–Crippen MR) is 147 cm³/mol. The van der Waals surface area contributed by atoms with Gasteiger partial charge in [0.25, 0.3) is 11.8 Å². The highest BCUT2D eigenvalue weighted by molar-refractivity contribution is 6.06. The quantitative estimate of drug-likeness (QED) is 0.331. The van der Waals surface area contributed by atoms with E-state index in [1.165, 1.54) is 43.7 Å². The SMILES string of the molecule is CCC.Cn1cc(-c2cc3cc(C(=O)Nc4cc(C(=O)NCCN5CCCC5)ccc4F)cnc3[nH]2)cn1. The molecule has 9 nitrogen and oxygen atoms in total. The number of halogens is 1.